The van der Waals surface area contributed by atoms with Gasteiger partial charge in [-0.1, -0.05) is 5.16 Å². The number of hydrogen-bond acceptors (Lipinski definition) is 6. The van der Waals surface area contributed by atoms with Gasteiger partial charge >= 0.3 is 0 Å². The van der Waals surface area contributed by atoms with E-state index in [-0.39, 0.29) is 0 Å². The lowest BCUT2D eigenvalue weighted by Gasteiger charge is -2.02. The van der Waals surface area contributed by atoms with Gasteiger partial charge in [0.2, 0.25) is 0 Å². The van der Waals surface area contributed by atoms with Crippen LogP contribution in [0.1, 0.15) is 5.82 Å². The molecule has 20 heavy (non-hydrogen) atoms. The minimum Gasteiger partial charge on any atom is -0.399 e. The molecule has 3 aromatic rings. The Labute approximate surface area is 132 Å². The van der Waals surface area contributed by atoms with Gasteiger partial charge in [-0.2, -0.15) is 16.3 Å². The lowest BCUT2D eigenvalue weighted by Crippen LogP contribution is -1.87. The number of rotatable bonds is 4. The predicted molar refractivity (Wildman–Crippen MR) is 85.7 cm³/mol. The molecule has 3 rings (SSSR count). The van der Waals surface area contributed by atoms with Gasteiger partial charge < -0.3 is 10.3 Å². The second-order valence-electron chi connectivity index (χ2n) is 4.01. The highest BCUT2D eigenvalue weighted by molar-refractivity contribution is 9.10. The summed E-state index contributed by atoms with van der Waals surface area (Å²) in [5.74, 6) is 1.90. The number of nitrogens with two attached hydrogens (primary N) is 1. The Hall–Kier alpha value is -1.31. The van der Waals surface area contributed by atoms with Crippen LogP contribution in [0.25, 0.3) is 11.5 Å². The average Bonchev–Trinajstić information content (AvgIpc) is 3.08. The van der Waals surface area contributed by atoms with Crippen LogP contribution in [0.5, 0.6) is 0 Å². The highest BCUT2D eigenvalue weighted by atomic mass is 79.9. The second kappa shape index (κ2) is 5.99. The minimum atomic E-state index is 0.568. The van der Waals surface area contributed by atoms with Crippen molar-refractivity contribution in [2.45, 2.75) is 10.6 Å². The van der Waals surface area contributed by atoms with Crippen LogP contribution >= 0.6 is 39.0 Å². The van der Waals surface area contributed by atoms with Crippen molar-refractivity contribution in [2.75, 3.05) is 5.73 Å². The second-order valence-corrected chi connectivity index (χ2v) is 6.66. The summed E-state index contributed by atoms with van der Waals surface area (Å²) in [6.07, 6.45) is 0. The SMILES string of the molecule is Nc1ccc(SCc2noc(-c3ccsc3)n2)c(Br)c1. The van der Waals surface area contributed by atoms with E-state index in [0.717, 1.165) is 20.6 Å². The number of halogens is 1. The molecule has 1 aromatic carbocycles. The molecule has 4 nitrogen and oxygen atoms in total. The number of nitrogens with zero attached hydrogens (tertiary/aromatic N) is 2. The summed E-state index contributed by atoms with van der Waals surface area (Å²) in [5, 5.41) is 7.96. The summed E-state index contributed by atoms with van der Waals surface area (Å²) < 4.78 is 6.22. The monoisotopic (exact) mass is 367 g/mol. The zero-order valence-electron chi connectivity index (χ0n) is 10.2. The van der Waals surface area contributed by atoms with Crippen molar-refractivity contribution in [1.82, 2.24) is 10.1 Å². The van der Waals surface area contributed by atoms with E-state index in [2.05, 4.69) is 26.1 Å². The maximum Gasteiger partial charge on any atom is 0.258 e. The molecule has 0 aliphatic rings. The Kier molecular flexibility index (Phi) is 4.09. The van der Waals surface area contributed by atoms with Gasteiger partial charge in [-0.05, 0) is 45.6 Å². The highest BCUT2D eigenvalue weighted by Crippen LogP contribution is 2.31. The summed E-state index contributed by atoms with van der Waals surface area (Å²) in [7, 11) is 0. The van der Waals surface area contributed by atoms with Crippen LogP contribution < -0.4 is 5.73 Å². The maximum absolute atomic E-state index is 5.71. The molecule has 7 heteroatoms. The zero-order chi connectivity index (χ0) is 13.9. The van der Waals surface area contributed by atoms with Gasteiger partial charge in [-0.25, -0.2) is 0 Å². The van der Waals surface area contributed by atoms with Crippen LogP contribution in [-0.4, -0.2) is 10.1 Å². The van der Waals surface area contributed by atoms with Gasteiger partial charge in [0.05, 0.1) is 11.3 Å². The standard InChI is InChI=1S/C13H10BrN3OS2/c14-10-5-9(15)1-2-11(10)20-7-12-16-13(18-17-12)8-3-4-19-6-8/h1-6H,7,15H2. The van der Waals surface area contributed by atoms with E-state index in [0.29, 0.717) is 17.5 Å². The summed E-state index contributed by atoms with van der Waals surface area (Å²) in [5.41, 5.74) is 7.42. The quantitative estimate of drug-likeness (QED) is 0.545. The van der Waals surface area contributed by atoms with E-state index < -0.39 is 0 Å². The molecule has 0 amide bonds. The molecular weight excluding hydrogens is 358 g/mol. The van der Waals surface area contributed by atoms with Gasteiger partial charge in [-0.3, -0.25) is 0 Å². The van der Waals surface area contributed by atoms with E-state index >= 15 is 0 Å². The van der Waals surface area contributed by atoms with Crippen LogP contribution in [0.2, 0.25) is 0 Å². The number of benzene rings is 1. The Morgan fingerprint density at radius 3 is 3.00 bits per heavy atom. The Morgan fingerprint density at radius 2 is 2.25 bits per heavy atom. The predicted octanol–water partition coefficient (Wildman–Crippen LogP) is 4.44. The summed E-state index contributed by atoms with van der Waals surface area (Å²) in [4.78, 5) is 5.48. The molecule has 2 aromatic heterocycles. The van der Waals surface area contributed by atoms with Crippen LogP contribution in [0, 0.1) is 0 Å². The van der Waals surface area contributed by atoms with Gasteiger partial charge in [0.1, 0.15) is 0 Å². The number of hydrogen-bond donors (Lipinski definition) is 1. The average molecular weight is 368 g/mol. The van der Waals surface area contributed by atoms with Crippen molar-refractivity contribution in [3.8, 4) is 11.5 Å². The third-order valence-electron chi connectivity index (χ3n) is 2.55. The highest BCUT2D eigenvalue weighted by Gasteiger charge is 2.10. The number of nitrogen functional groups attached to an aromatic ring is 1. The summed E-state index contributed by atoms with van der Waals surface area (Å²) in [6, 6.07) is 7.70. The molecule has 0 saturated heterocycles. The molecule has 102 valence electrons. The molecule has 0 aliphatic heterocycles. The third kappa shape index (κ3) is 3.05. The fourth-order valence-corrected chi connectivity index (χ4v) is 3.72. The topological polar surface area (TPSA) is 64.9 Å². The van der Waals surface area contributed by atoms with Gasteiger partial charge in [0, 0.05) is 20.4 Å². The van der Waals surface area contributed by atoms with Gasteiger partial charge in [0.15, 0.2) is 5.82 Å². The normalized spacial score (nSPS) is 10.8. The van der Waals surface area contributed by atoms with Gasteiger partial charge in [0.25, 0.3) is 5.89 Å². The van der Waals surface area contributed by atoms with E-state index in [1.54, 1.807) is 23.1 Å². The molecule has 0 saturated carbocycles. The van der Waals surface area contributed by atoms with Gasteiger partial charge in [-0.15, -0.1) is 11.8 Å². The molecule has 2 heterocycles. The van der Waals surface area contributed by atoms with Crippen molar-refractivity contribution in [3.63, 3.8) is 0 Å². The molecule has 0 atom stereocenters. The molecule has 0 unspecified atom stereocenters. The Balaban J connectivity index is 1.70. The molecule has 0 aliphatic carbocycles. The van der Waals surface area contributed by atoms with Crippen molar-refractivity contribution in [3.05, 3.63) is 45.3 Å². The van der Waals surface area contributed by atoms with Crippen LogP contribution in [0.3, 0.4) is 0 Å². The molecule has 2 N–H and O–H groups in total. The maximum atomic E-state index is 5.71. The number of aromatic nitrogens is 2. The van der Waals surface area contributed by atoms with Crippen LogP contribution in [0.15, 0.2) is 48.9 Å². The fraction of sp³-hybridized carbons (Fsp3) is 0.0769. The van der Waals surface area contributed by atoms with Crippen LogP contribution in [-0.2, 0) is 5.75 Å². The van der Waals surface area contributed by atoms with E-state index in [1.165, 1.54) is 0 Å². The first kappa shape index (κ1) is 13.7. The fourth-order valence-electron chi connectivity index (χ4n) is 1.59. The third-order valence-corrected chi connectivity index (χ3v) is 5.22. The molecule has 0 bridgehead atoms. The van der Waals surface area contributed by atoms with Crippen LogP contribution in [0.4, 0.5) is 5.69 Å². The largest absolute Gasteiger partial charge is 0.399 e. The summed E-state index contributed by atoms with van der Waals surface area (Å²) >= 11 is 6.73. The lowest BCUT2D eigenvalue weighted by atomic mass is 10.3. The van der Waals surface area contributed by atoms with Crippen molar-refractivity contribution in [1.29, 1.82) is 0 Å². The number of thioether (sulfide) groups is 1. The minimum absolute atomic E-state index is 0.568. The van der Waals surface area contributed by atoms with Crippen molar-refractivity contribution < 1.29 is 4.52 Å². The number of thiophene rings is 1. The Bertz CT molecular complexity index is 712. The molecular formula is C13H10BrN3OS2. The Morgan fingerprint density at radius 1 is 1.35 bits per heavy atom. The first-order valence-corrected chi connectivity index (χ1v) is 8.47. The molecule has 0 fully saturated rings. The number of anilines is 1. The smallest absolute Gasteiger partial charge is 0.258 e. The van der Waals surface area contributed by atoms with Crippen molar-refractivity contribution in [2.24, 2.45) is 0 Å². The van der Waals surface area contributed by atoms with E-state index in [9.17, 15) is 0 Å². The first-order valence-electron chi connectivity index (χ1n) is 5.75. The summed E-state index contributed by atoms with van der Waals surface area (Å²) in [6.45, 7) is 0. The first-order chi connectivity index (χ1) is 9.72. The van der Waals surface area contributed by atoms with E-state index in [4.69, 9.17) is 10.3 Å². The lowest BCUT2D eigenvalue weighted by molar-refractivity contribution is 0.425. The zero-order valence-corrected chi connectivity index (χ0v) is 13.5. The molecule has 0 radical (unpaired) electrons. The van der Waals surface area contributed by atoms with Crippen molar-refractivity contribution >= 4 is 44.7 Å². The van der Waals surface area contributed by atoms with E-state index in [1.807, 2.05) is 35.0 Å². The molecule has 0 spiro atoms.